The number of nitrogens with zero attached hydrogens (tertiary/aromatic N) is 4. The summed E-state index contributed by atoms with van der Waals surface area (Å²) in [7, 11) is 0. The Hall–Kier alpha value is -3.03. The lowest BCUT2D eigenvalue weighted by Gasteiger charge is -2.34. The number of aliphatic imine (C=N–C) groups is 1. The Morgan fingerprint density at radius 2 is 1.69 bits per heavy atom. The number of hydrogen-bond donors (Lipinski definition) is 1. The van der Waals surface area contributed by atoms with E-state index in [0.717, 1.165) is 53.8 Å². The van der Waals surface area contributed by atoms with Crippen molar-refractivity contribution in [1.29, 1.82) is 0 Å². The minimum atomic E-state index is -0.270. The lowest BCUT2D eigenvalue weighted by atomic mass is 9.92. The number of fused-ring (bicyclic) bond motifs is 1. The van der Waals surface area contributed by atoms with Crippen molar-refractivity contribution in [2.75, 3.05) is 18.0 Å². The van der Waals surface area contributed by atoms with Crippen LogP contribution in [0, 0.1) is 5.92 Å². The van der Waals surface area contributed by atoms with E-state index in [2.05, 4.69) is 25.9 Å². The molecule has 0 saturated carbocycles. The SMILES string of the molecule is CC.CC(O)C1CCN(c2nccnc2Sc2ccc(C(=O)C3=Nc4ccccc4CC3)cc2)CC1. The van der Waals surface area contributed by atoms with E-state index in [1.54, 1.807) is 24.2 Å². The summed E-state index contributed by atoms with van der Waals surface area (Å²) in [6.07, 6.45) is 6.58. The van der Waals surface area contributed by atoms with E-state index < -0.39 is 0 Å². The molecule has 1 fully saturated rings. The van der Waals surface area contributed by atoms with Gasteiger partial charge in [-0.05, 0) is 74.4 Å². The van der Waals surface area contributed by atoms with Crippen molar-refractivity contribution in [1.82, 2.24) is 9.97 Å². The zero-order valence-electron chi connectivity index (χ0n) is 21.2. The Morgan fingerprint density at radius 1 is 1.00 bits per heavy atom. The number of carbonyl (C=O) groups is 1. The first-order valence-electron chi connectivity index (χ1n) is 12.8. The number of Topliss-reactive ketones (excluding diaryl/α,β-unsaturated/α-hetero) is 1. The zero-order valence-corrected chi connectivity index (χ0v) is 22.0. The van der Waals surface area contributed by atoms with E-state index in [0.29, 0.717) is 23.6 Å². The molecule has 188 valence electrons. The minimum absolute atomic E-state index is 0.00720. The number of aryl methyl sites for hydroxylation is 1. The van der Waals surface area contributed by atoms with Gasteiger partial charge in [-0.3, -0.25) is 4.79 Å². The largest absolute Gasteiger partial charge is 0.393 e. The van der Waals surface area contributed by atoms with Crippen LogP contribution in [0.2, 0.25) is 0 Å². The first-order chi connectivity index (χ1) is 17.6. The average Bonchev–Trinajstić information content (AvgIpc) is 2.94. The molecule has 1 saturated heterocycles. The van der Waals surface area contributed by atoms with Gasteiger partial charge >= 0.3 is 0 Å². The van der Waals surface area contributed by atoms with Crippen molar-refractivity contribution in [3.63, 3.8) is 0 Å². The van der Waals surface area contributed by atoms with Crippen LogP contribution < -0.4 is 4.90 Å². The van der Waals surface area contributed by atoms with E-state index in [1.165, 1.54) is 5.56 Å². The van der Waals surface area contributed by atoms with Gasteiger partial charge in [0.2, 0.25) is 5.78 Å². The van der Waals surface area contributed by atoms with Crippen LogP contribution in [0.15, 0.2) is 75.8 Å². The van der Waals surface area contributed by atoms with E-state index >= 15 is 0 Å². The van der Waals surface area contributed by atoms with Crippen molar-refractivity contribution in [3.05, 3.63) is 72.1 Å². The molecule has 2 aliphatic heterocycles. The molecule has 6 nitrogen and oxygen atoms in total. The highest BCUT2D eigenvalue weighted by atomic mass is 32.2. The number of benzene rings is 2. The van der Waals surface area contributed by atoms with Gasteiger partial charge in [0, 0.05) is 35.9 Å². The van der Waals surface area contributed by atoms with Crippen LogP contribution in [0.4, 0.5) is 11.5 Å². The van der Waals surface area contributed by atoms with E-state index in [4.69, 9.17) is 0 Å². The summed E-state index contributed by atoms with van der Waals surface area (Å²) in [6.45, 7) is 7.60. The van der Waals surface area contributed by atoms with Crippen molar-refractivity contribution in [2.24, 2.45) is 10.9 Å². The van der Waals surface area contributed by atoms with E-state index in [9.17, 15) is 9.90 Å². The summed E-state index contributed by atoms with van der Waals surface area (Å²) in [5.74, 6) is 1.22. The smallest absolute Gasteiger partial charge is 0.207 e. The molecule has 1 N–H and O–H groups in total. The summed E-state index contributed by atoms with van der Waals surface area (Å²) in [4.78, 5) is 30.1. The highest BCUT2D eigenvalue weighted by molar-refractivity contribution is 7.99. The molecule has 1 atom stereocenters. The van der Waals surface area contributed by atoms with Crippen LogP contribution in [0.1, 0.15) is 56.0 Å². The summed E-state index contributed by atoms with van der Waals surface area (Å²) in [5.41, 5.74) is 3.37. The fraction of sp³-hybridized carbons (Fsp3) is 0.379. The Balaban J connectivity index is 0.00000148. The first kappa shape index (κ1) is 26.0. The third kappa shape index (κ3) is 6.02. The van der Waals surface area contributed by atoms with E-state index in [1.807, 2.05) is 63.2 Å². The van der Waals surface area contributed by atoms with Gasteiger partial charge in [0.05, 0.1) is 17.5 Å². The predicted molar refractivity (Wildman–Crippen MR) is 147 cm³/mol. The third-order valence-electron chi connectivity index (χ3n) is 6.64. The maximum absolute atomic E-state index is 13.0. The van der Waals surface area contributed by atoms with Gasteiger partial charge in [0.25, 0.3) is 0 Å². The third-order valence-corrected chi connectivity index (χ3v) is 7.63. The fourth-order valence-corrected chi connectivity index (χ4v) is 5.49. The normalized spacial score (nSPS) is 16.3. The maximum Gasteiger partial charge on any atom is 0.207 e. The quantitative estimate of drug-likeness (QED) is 0.407. The minimum Gasteiger partial charge on any atom is -0.393 e. The average molecular weight is 503 g/mol. The summed E-state index contributed by atoms with van der Waals surface area (Å²) in [6, 6.07) is 15.7. The van der Waals surface area contributed by atoms with Crippen molar-refractivity contribution in [2.45, 2.75) is 62.5 Å². The summed E-state index contributed by atoms with van der Waals surface area (Å²) < 4.78 is 0. The molecule has 1 aromatic heterocycles. The van der Waals surface area contributed by atoms with Crippen LogP contribution in [-0.4, -0.2) is 45.8 Å². The van der Waals surface area contributed by atoms with Crippen LogP contribution in [-0.2, 0) is 6.42 Å². The van der Waals surface area contributed by atoms with Gasteiger partial charge < -0.3 is 10.0 Å². The first-order valence-corrected chi connectivity index (χ1v) is 13.6. The summed E-state index contributed by atoms with van der Waals surface area (Å²) >= 11 is 1.56. The molecule has 0 radical (unpaired) electrons. The van der Waals surface area contributed by atoms with Gasteiger partial charge in [-0.2, -0.15) is 0 Å². The maximum atomic E-state index is 13.0. The van der Waals surface area contributed by atoms with Gasteiger partial charge in [0.1, 0.15) is 5.03 Å². The molecule has 7 heteroatoms. The number of rotatable bonds is 6. The highest BCUT2D eigenvalue weighted by Gasteiger charge is 2.25. The molecule has 2 aromatic carbocycles. The molecule has 0 spiro atoms. The Bertz CT molecular complexity index is 1200. The molecule has 3 heterocycles. The summed E-state index contributed by atoms with van der Waals surface area (Å²) in [5, 5.41) is 10.7. The van der Waals surface area contributed by atoms with Gasteiger partial charge in [0.15, 0.2) is 5.82 Å². The topological polar surface area (TPSA) is 78.7 Å². The standard InChI is InChI=1S/C27H28N4O2S.C2H6/c1-18(32)19-12-16-31(17-13-19)26-27(29-15-14-28-26)34-22-9-6-21(7-10-22)25(33)24-11-8-20-4-2-3-5-23(20)30-24;1-2/h2-7,9-10,14-15,18-19,32H,8,11-13,16-17H2,1H3;1-2H3. The fourth-order valence-electron chi connectivity index (χ4n) is 4.60. The predicted octanol–water partition coefficient (Wildman–Crippen LogP) is 6.15. The molecular weight excluding hydrogens is 468 g/mol. The van der Waals surface area contributed by atoms with Gasteiger partial charge in [-0.15, -0.1) is 0 Å². The number of aromatic nitrogens is 2. The second-order valence-corrected chi connectivity index (χ2v) is 9.96. The molecule has 36 heavy (non-hydrogen) atoms. The Kier molecular flexibility index (Phi) is 8.88. The lowest BCUT2D eigenvalue weighted by Crippen LogP contribution is -2.37. The molecule has 1 unspecified atom stereocenters. The van der Waals surface area contributed by atoms with Crippen molar-refractivity contribution in [3.8, 4) is 0 Å². The van der Waals surface area contributed by atoms with Crippen LogP contribution in [0.5, 0.6) is 0 Å². The highest BCUT2D eigenvalue weighted by Crippen LogP contribution is 2.34. The second-order valence-electron chi connectivity index (χ2n) is 8.89. The number of aliphatic hydroxyl groups is 1. The van der Waals surface area contributed by atoms with Crippen LogP contribution in [0.25, 0.3) is 0 Å². The number of piperidine rings is 1. The number of carbonyl (C=O) groups excluding carboxylic acids is 1. The van der Waals surface area contributed by atoms with Gasteiger partial charge in [-0.25, -0.2) is 15.0 Å². The molecule has 5 rings (SSSR count). The molecule has 0 amide bonds. The number of hydrogen-bond acceptors (Lipinski definition) is 7. The molecule has 0 bridgehead atoms. The molecule has 0 aliphatic carbocycles. The molecular formula is C29H34N4O2S. The van der Waals surface area contributed by atoms with E-state index in [-0.39, 0.29) is 11.9 Å². The number of para-hydroxylation sites is 1. The molecule has 3 aromatic rings. The Labute approximate surface area is 217 Å². The zero-order chi connectivity index (χ0) is 25.5. The number of ketones is 1. The van der Waals surface area contributed by atoms with Crippen LogP contribution >= 0.6 is 11.8 Å². The number of aliphatic hydroxyl groups excluding tert-OH is 1. The second kappa shape index (κ2) is 12.3. The Morgan fingerprint density at radius 3 is 2.42 bits per heavy atom. The monoisotopic (exact) mass is 502 g/mol. The van der Waals surface area contributed by atoms with Crippen molar-refractivity contribution < 1.29 is 9.90 Å². The van der Waals surface area contributed by atoms with Crippen molar-refractivity contribution >= 4 is 34.8 Å². The number of anilines is 1. The van der Waals surface area contributed by atoms with Gasteiger partial charge in [-0.1, -0.05) is 43.8 Å². The molecule has 2 aliphatic rings. The lowest BCUT2D eigenvalue weighted by molar-refractivity contribution is 0.106. The van der Waals surface area contributed by atoms with Crippen LogP contribution in [0.3, 0.4) is 0 Å².